The van der Waals surface area contributed by atoms with Gasteiger partial charge in [-0.3, -0.25) is 0 Å². The standard InChI is InChI=1S/C13H17BrFNO2/c1-7-3-9(4-8(2)17-7)18-13-6-11(15)10(14)5-12(13)16/h5-9H,3-4,16H2,1-2H3. The Morgan fingerprint density at radius 2 is 1.94 bits per heavy atom. The molecule has 0 aliphatic carbocycles. The minimum absolute atomic E-state index is 0.0200. The van der Waals surface area contributed by atoms with E-state index in [1.54, 1.807) is 0 Å². The third kappa shape index (κ3) is 3.14. The highest BCUT2D eigenvalue weighted by Gasteiger charge is 2.26. The lowest BCUT2D eigenvalue weighted by atomic mass is 10.0. The van der Waals surface area contributed by atoms with E-state index < -0.39 is 0 Å². The van der Waals surface area contributed by atoms with Crippen molar-refractivity contribution >= 4 is 21.6 Å². The van der Waals surface area contributed by atoms with Crippen LogP contribution < -0.4 is 10.5 Å². The summed E-state index contributed by atoms with van der Waals surface area (Å²) in [5, 5.41) is 0. The smallest absolute Gasteiger partial charge is 0.145 e. The lowest BCUT2D eigenvalue weighted by Crippen LogP contribution is -2.35. The topological polar surface area (TPSA) is 44.5 Å². The first-order valence-electron chi connectivity index (χ1n) is 6.02. The Kier molecular flexibility index (Phi) is 4.12. The van der Waals surface area contributed by atoms with Crippen molar-refractivity contribution in [3.8, 4) is 5.75 Å². The number of nitrogens with two attached hydrogens (primary N) is 1. The molecule has 18 heavy (non-hydrogen) atoms. The van der Waals surface area contributed by atoms with Crippen LogP contribution >= 0.6 is 15.9 Å². The minimum atomic E-state index is -0.368. The van der Waals surface area contributed by atoms with E-state index in [1.165, 1.54) is 12.1 Å². The van der Waals surface area contributed by atoms with Gasteiger partial charge in [0, 0.05) is 18.9 Å². The van der Waals surface area contributed by atoms with Gasteiger partial charge >= 0.3 is 0 Å². The molecule has 0 aromatic heterocycles. The van der Waals surface area contributed by atoms with Gasteiger partial charge in [0.1, 0.15) is 17.7 Å². The molecule has 2 atom stereocenters. The van der Waals surface area contributed by atoms with Crippen molar-refractivity contribution in [1.29, 1.82) is 0 Å². The summed E-state index contributed by atoms with van der Waals surface area (Å²) in [5.41, 5.74) is 6.26. The van der Waals surface area contributed by atoms with Crippen molar-refractivity contribution in [1.82, 2.24) is 0 Å². The van der Waals surface area contributed by atoms with Crippen LogP contribution in [-0.2, 0) is 4.74 Å². The molecule has 0 radical (unpaired) electrons. The Balaban J connectivity index is 2.11. The van der Waals surface area contributed by atoms with E-state index in [1.807, 2.05) is 13.8 Å². The van der Waals surface area contributed by atoms with Crippen LogP contribution in [-0.4, -0.2) is 18.3 Å². The molecule has 3 nitrogen and oxygen atoms in total. The van der Waals surface area contributed by atoms with E-state index in [0.717, 1.165) is 12.8 Å². The van der Waals surface area contributed by atoms with Gasteiger partial charge in [-0.25, -0.2) is 4.39 Å². The highest BCUT2D eigenvalue weighted by atomic mass is 79.9. The number of halogens is 2. The lowest BCUT2D eigenvalue weighted by Gasteiger charge is -2.32. The van der Waals surface area contributed by atoms with E-state index in [4.69, 9.17) is 15.2 Å². The summed E-state index contributed by atoms with van der Waals surface area (Å²) in [6.45, 7) is 4.02. The number of ether oxygens (including phenoxy) is 2. The highest BCUT2D eigenvalue weighted by molar-refractivity contribution is 9.10. The van der Waals surface area contributed by atoms with Gasteiger partial charge in [0.2, 0.25) is 0 Å². The van der Waals surface area contributed by atoms with Crippen molar-refractivity contribution < 1.29 is 13.9 Å². The second-order valence-corrected chi connectivity index (χ2v) is 5.63. The van der Waals surface area contributed by atoms with Gasteiger partial charge in [-0.05, 0) is 35.8 Å². The summed E-state index contributed by atoms with van der Waals surface area (Å²) in [6.07, 6.45) is 1.91. The van der Waals surface area contributed by atoms with Gasteiger partial charge in [0.05, 0.1) is 22.4 Å². The molecule has 1 fully saturated rings. The van der Waals surface area contributed by atoms with Crippen LogP contribution in [0.3, 0.4) is 0 Å². The van der Waals surface area contributed by atoms with Crippen LogP contribution in [0.5, 0.6) is 5.75 Å². The van der Waals surface area contributed by atoms with Crippen LogP contribution in [0.25, 0.3) is 0 Å². The van der Waals surface area contributed by atoms with E-state index >= 15 is 0 Å². The molecule has 2 unspecified atom stereocenters. The molecular weight excluding hydrogens is 301 g/mol. The van der Waals surface area contributed by atoms with Crippen molar-refractivity contribution in [2.75, 3.05) is 5.73 Å². The molecule has 1 aromatic rings. The molecule has 0 bridgehead atoms. The summed E-state index contributed by atoms with van der Waals surface area (Å²) >= 11 is 3.09. The van der Waals surface area contributed by atoms with Crippen molar-refractivity contribution in [3.63, 3.8) is 0 Å². The lowest BCUT2D eigenvalue weighted by molar-refractivity contribution is -0.0720. The zero-order valence-electron chi connectivity index (χ0n) is 10.5. The van der Waals surface area contributed by atoms with Crippen LogP contribution in [0, 0.1) is 5.82 Å². The van der Waals surface area contributed by atoms with Crippen molar-refractivity contribution in [2.45, 2.75) is 45.0 Å². The Hall–Kier alpha value is -0.810. The first-order chi connectivity index (χ1) is 8.45. The summed E-state index contributed by atoms with van der Waals surface area (Å²) in [4.78, 5) is 0. The average molecular weight is 318 g/mol. The fourth-order valence-electron chi connectivity index (χ4n) is 2.27. The van der Waals surface area contributed by atoms with Gasteiger partial charge in [-0.2, -0.15) is 0 Å². The Morgan fingerprint density at radius 1 is 1.33 bits per heavy atom. The minimum Gasteiger partial charge on any atom is -0.488 e. The maximum Gasteiger partial charge on any atom is 0.145 e. The van der Waals surface area contributed by atoms with E-state index in [0.29, 0.717) is 15.9 Å². The third-order valence-corrected chi connectivity index (χ3v) is 3.61. The van der Waals surface area contributed by atoms with E-state index in [9.17, 15) is 4.39 Å². The molecule has 0 saturated carbocycles. The largest absolute Gasteiger partial charge is 0.488 e. The zero-order chi connectivity index (χ0) is 13.3. The molecule has 0 spiro atoms. The van der Waals surface area contributed by atoms with Crippen LogP contribution in [0.15, 0.2) is 16.6 Å². The summed E-state index contributed by atoms with van der Waals surface area (Å²) in [6, 6.07) is 2.85. The first kappa shape index (κ1) is 13.6. The summed E-state index contributed by atoms with van der Waals surface area (Å²) in [7, 11) is 0. The number of hydrogen-bond acceptors (Lipinski definition) is 3. The monoisotopic (exact) mass is 317 g/mol. The van der Waals surface area contributed by atoms with Crippen LogP contribution in [0.2, 0.25) is 0 Å². The van der Waals surface area contributed by atoms with Crippen molar-refractivity contribution in [2.24, 2.45) is 0 Å². The molecule has 1 aliphatic heterocycles. The maximum absolute atomic E-state index is 13.5. The Morgan fingerprint density at radius 3 is 2.56 bits per heavy atom. The predicted molar refractivity (Wildman–Crippen MR) is 72.2 cm³/mol. The van der Waals surface area contributed by atoms with Crippen LogP contribution in [0.4, 0.5) is 10.1 Å². The maximum atomic E-state index is 13.5. The first-order valence-corrected chi connectivity index (χ1v) is 6.81. The highest BCUT2D eigenvalue weighted by Crippen LogP contribution is 2.31. The normalized spacial score (nSPS) is 28.1. The Labute approximate surface area is 115 Å². The molecule has 2 rings (SSSR count). The molecule has 100 valence electrons. The van der Waals surface area contributed by atoms with E-state index in [-0.39, 0.29) is 24.1 Å². The fraction of sp³-hybridized carbons (Fsp3) is 0.538. The van der Waals surface area contributed by atoms with Gasteiger partial charge in [0.25, 0.3) is 0 Å². The number of nitrogen functional groups attached to an aromatic ring is 1. The Bertz CT molecular complexity index is 431. The molecule has 5 heteroatoms. The molecule has 1 aromatic carbocycles. The number of rotatable bonds is 2. The fourth-order valence-corrected chi connectivity index (χ4v) is 2.63. The van der Waals surface area contributed by atoms with Gasteiger partial charge in [0.15, 0.2) is 0 Å². The quantitative estimate of drug-likeness (QED) is 0.849. The number of hydrogen-bond donors (Lipinski definition) is 1. The van der Waals surface area contributed by atoms with Gasteiger partial charge in [-0.15, -0.1) is 0 Å². The average Bonchev–Trinajstić information content (AvgIpc) is 2.24. The van der Waals surface area contributed by atoms with Crippen LogP contribution in [0.1, 0.15) is 26.7 Å². The summed E-state index contributed by atoms with van der Waals surface area (Å²) in [5.74, 6) is 0.0364. The second kappa shape index (κ2) is 5.45. The van der Waals surface area contributed by atoms with Gasteiger partial charge < -0.3 is 15.2 Å². The molecule has 1 aliphatic rings. The SMILES string of the molecule is CC1CC(Oc2cc(F)c(Br)cc2N)CC(C)O1. The predicted octanol–water partition coefficient (Wildman–Crippen LogP) is 3.51. The molecule has 1 saturated heterocycles. The number of anilines is 1. The molecular formula is C13H17BrFNO2. The van der Waals surface area contributed by atoms with Gasteiger partial charge in [-0.1, -0.05) is 0 Å². The summed E-state index contributed by atoms with van der Waals surface area (Å²) < 4.78 is 25.2. The molecule has 1 heterocycles. The van der Waals surface area contributed by atoms with Crippen molar-refractivity contribution in [3.05, 3.63) is 22.4 Å². The third-order valence-electron chi connectivity index (χ3n) is 3.00. The van der Waals surface area contributed by atoms with E-state index in [2.05, 4.69) is 15.9 Å². The molecule has 2 N–H and O–H groups in total. The second-order valence-electron chi connectivity index (χ2n) is 4.77. The number of benzene rings is 1. The molecule has 0 amide bonds. The zero-order valence-corrected chi connectivity index (χ0v) is 12.0.